The molecule has 0 fully saturated rings. The number of carbonyl (C=O) groups is 2. The number of allylic oxidation sites excluding steroid dienone is 4. The Morgan fingerprint density at radius 2 is 1.88 bits per heavy atom. The van der Waals surface area contributed by atoms with E-state index in [9.17, 15) is 9.59 Å². The maximum atomic E-state index is 11.9. The van der Waals surface area contributed by atoms with Gasteiger partial charge in [0, 0.05) is 37.1 Å². The van der Waals surface area contributed by atoms with Crippen molar-refractivity contribution in [2.24, 2.45) is 4.99 Å². The molecule has 1 heterocycles. The van der Waals surface area contributed by atoms with Gasteiger partial charge >= 0.3 is 0 Å². The number of rotatable bonds is 12. The molecule has 0 aliphatic rings. The van der Waals surface area contributed by atoms with E-state index in [0.717, 1.165) is 29.0 Å². The Balaban J connectivity index is 1.88. The zero-order valence-corrected chi connectivity index (χ0v) is 20.2. The SMILES string of the molecule is C=C(/C=C\C(CC)=NCNc1ccc(CC(=O)C=C(C)C)cc1)Oc1ccnc(C(=O)NC)c1. The van der Waals surface area contributed by atoms with Crippen LogP contribution in [0.2, 0.25) is 0 Å². The second-order valence-corrected chi connectivity index (χ2v) is 7.76. The maximum absolute atomic E-state index is 11.9. The van der Waals surface area contributed by atoms with Crippen molar-refractivity contribution >= 4 is 23.1 Å². The fourth-order valence-electron chi connectivity index (χ4n) is 2.93. The molecule has 0 bridgehead atoms. The Kier molecular flexibility index (Phi) is 10.4. The summed E-state index contributed by atoms with van der Waals surface area (Å²) in [7, 11) is 1.55. The van der Waals surface area contributed by atoms with Crippen LogP contribution >= 0.6 is 0 Å². The van der Waals surface area contributed by atoms with Gasteiger partial charge in [0.05, 0.1) is 0 Å². The molecule has 0 radical (unpaired) electrons. The van der Waals surface area contributed by atoms with Crippen LogP contribution < -0.4 is 15.4 Å². The monoisotopic (exact) mass is 460 g/mol. The van der Waals surface area contributed by atoms with Gasteiger partial charge in [-0.3, -0.25) is 19.6 Å². The Labute approximate surface area is 201 Å². The summed E-state index contributed by atoms with van der Waals surface area (Å²) in [5.74, 6) is 0.713. The number of amides is 1. The molecule has 0 aliphatic heterocycles. The van der Waals surface area contributed by atoms with Gasteiger partial charge < -0.3 is 15.4 Å². The summed E-state index contributed by atoms with van der Waals surface area (Å²) >= 11 is 0. The van der Waals surface area contributed by atoms with Crippen LogP contribution in [0.5, 0.6) is 5.75 Å². The lowest BCUT2D eigenvalue weighted by Crippen LogP contribution is -2.19. The Morgan fingerprint density at radius 1 is 1.15 bits per heavy atom. The van der Waals surface area contributed by atoms with Crippen LogP contribution in [0.1, 0.15) is 43.2 Å². The number of ether oxygens (including phenoxy) is 1. The number of ketones is 1. The van der Waals surface area contributed by atoms with E-state index < -0.39 is 0 Å². The first kappa shape index (κ1) is 26.3. The summed E-state index contributed by atoms with van der Waals surface area (Å²) in [6.45, 7) is 10.2. The van der Waals surface area contributed by atoms with Crippen LogP contribution in [0.15, 0.2) is 83.7 Å². The molecule has 0 aliphatic carbocycles. The third-order valence-electron chi connectivity index (χ3n) is 4.61. The molecule has 0 atom stereocenters. The van der Waals surface area contributed by atoms with Gasteiger partial charge in [0.15, 0.2) is 5.78 Å². The minimum atomic E-state index is -0.286. The van der Waals surface area contributed by atoms with Crippen LogP contribution in [-0.2, 0) is 11.2 Å². The predicted octanol–water partition coefficient (Wildman–Crippen LogP) is 4.89. The van der Waals surface area contributed by atoms with E-state index in [0.29, 0.717) is 24.6 Å². The number of carbonyl (C=O) groups excluding carboxylic acids is 2. The molecule has 0 saturated carbocycles. The third kappa shape index (κ3) is 9.24. The van der Waals surface area contributed by atoms with Crippen LogP contribution in [0.4, 0.5) is 5.69 Å². The molecular weight excluding hydrogens is 428 g/mol. The molecule has 1 aromatic heterocycles. The topological polar surface area (TPSA) is 92.7 Å². The zero-order chi connectivity index (χ0) is 24.9. The summed E-state index contributed by atoms with van der Waals surface area (Å²) in [6.07, 6.45) is 7.90. The largest absolute Gasteiger partial charge is 0.458 e. The van der Waals surface area contributed by atoms with Gasteiger partial charge in [-0.1, -0.05) is 31.2 Å². The number of anilines is 1. The highest BCUT2D eigenvalue weighted by Crippen LogP contribution is 2.15. The van der Waals surface area contributed by atoms with Gasteiger partial charge in [-0.2, -0.15) is 0 Å². The summed E-state index contributed by atoms with van der Waals surface area (Å²) in [5.41, 5.74) is 4.06. The number of aliphatic imine (C=N–C) groups is 1. The van der Waals surface area contributed by atoms with E-state index in [4.69, 9.17) is 4.74 Å². The molecule has 178 valence electrons. The van der Waals surface area contributed by atoms with Gasteiger partial charge in [0.1, 0.15) is 23.9 Å². The first-order valence-electron chi connectivity index (χ1n) is 11.1. The van der Waals surface area contributed by atoms with Gasteiger partial charge in [-0.15, -0.1) is 0 Å². The maximum Gasteiger partial charge on any atom is 0.269 e. The Bertz CT molecular complexity index is 1100. The molecule has 1 aromatic carbocycles. The van der Waals surface area contributed by atoms with E-state index in [1.165, 1.54) is 6.20 Å². The number of nitrogens with one attached hydrogen (secondary N) is 2. The molecule has 7 heteroatoms. The first-order valence-corrected chi connectivity index (χ1v) is 11.1. The molecule has 1 amide bonds. The van der Waals surface area contributed by atoms with Crippen molar-refractivity contribution in [2.45, 2.75) is 33.6 Å². The fourth-order valence-corrected chi connectivity index (χ4v) is 2.93. The molecule has 0 spiro atoms. The highest BCUT2D eigenvalue weighted by molar-refractivity contribution is 5.95. The van der Waals surface area contributed by atoms with Gasteiger partial charge in [-0.25, -0.2) is 0 Å². The predicted molar refractivity (Wildman–Crippen MR) is 137 cm³/mol. The smallest absolute Gasteiger partial charge is 0.269 e. The fraction of sp³-hybridized carbons (Fsp3) is 0.259. The van der Waals surface area contributed by atoms with Gasteiger partial charge in [0.25, 0.3) is 5.91 Å². The molecule has 7 nitrogen and oxygen atoms in total. The number of hydrogen-bond acceptors (Lipinski definition) is 6. The third-order valence-corrected chi connectivity index (χ3v) is 4.61. The molecule has 2 aromatic rings. The Morgan fingerprint density at radius 3 is 2.53 bits per heavy atom. The van der Waals surface area contributed by atoms with Gasteiger partial charge in [-0.05, 0) is 62.3 Å². The normalized spacial score (nSPS) is 11.1. The van der Waals surface area contributed by atoms with Crippen LogP contribution in [0.3, 0.4) is 0 Å². The first-order chi connectivity index (χ1) is 16.3. The van der Waals surface area contributed by atoms with Crippen molar-refractivity contribution in [1.82, 2.24) is 10.3 Å². The van der Waals surface area contributed by atoms with Crippen LogP contribution in [-0.4, -0.2) is 36.1 Å². The number of hydrogen-bond donors (Lipinski definition) is 2. The zero-order valence-electron chi connectivity index (χ0n) is 20.2. The molecule has 0 unspecified atom stereocenters. The quantitative estimate of drug-likeness (QED) is 0.204. The van der Waals surface area contributed by atoms with Crippen molar-refractivity contribution in [1.29, 1.82) is 0 Å². The highest BCUT2D eigenvalue weighted by atomic mass is 16.5. The average Bonchev–Trinajstić information content (AvgIpc) is 2.81. The lowest BCUT2D eigenvalue weighted by molar-refractivity contribution is -0.114. The number of pyridine rings is 1. The number of aromatic nitrogens is 1. The average molecular weight is 461 g/mol. The van der Waals surface area contributed by atoms with E-state index in [1.807, 2.05) is 51.1 Å². The molecule has 0 saturated heterocycles. The van der Waals surface area contributed by atoms with Crippen molar-refractivity contribution in [3.63, 3.8) is 0 Å². The van der Waals surface area contributed by atoms with Crippen molar-refractivity contribution < 1.29 is 14.3 Å². The second kappa shape index (κ2) is 13.5. The molecule has 2 rings (SSSR count). The summed E-state index contributed by atoms with van der Waals surface area (Å²) in [4.78, 5) is 32.2. The molecular formula is C27H32N4O3. The minimum absolute atomic E-state index is 0.103. The highest BCUT2D eigenvalue weighted by Gasteiger charge is 2.06. The molecule has 34 heavy (non-hydrogen) atoms. The summed E-state index contributed by atoms with van der Waals surface area (Å²) in [6, 6.07) is 11.0. The minimum Gasteiger partial charge on any atom is -0.458 e. The summed E-state index contributed by atoms with van der Waals surface area (Å²) < 4.78 is 5.68. The van der Waals surface area contributed by atoms with E-state index in [-0.39, 0.29) is 17.4 Å². The lowest BCUT2D eigenvalue weighted by atomic mass is 10.1. The van der Waals surface area contributed by atoms with E-state index >= 15 is 0 Å². The van der Waals surface area contributed by atoms with E-state index in [2.05, 4.69) is 27.2 Å². The number of benzene rings is 1. The van der Waals surface area contributed by atoms with Gasteiger partial charge in [0.2, 0.25) is 0 Å². The standard InChI is InChI=1S/C27H32N4O3/c1-6-22(10-7-20(4)34-25-13-14-29-26(17-25)27(33)28-5)30-18-31-23-11-8-21(9-12-23)16-24(32)15-19(2)3/h7-15,17,31H,4,6,16,18H2,1-3,5H3,(H,28,33)/b10-7-,30-22?. The van der Waals surface area contributed by atoms with E-state index in [1.54, 1.807) is 31.3 Å². The lowest BCUT2D eigenvalue weighted by Gasteiger charge is -2.07. The molecule has 2 N–H and O–H groups in total. The summed E-state index contributed by atoms with van der Waals surface area (Å²) in [5, 5.41) is 5.78. The van der Waals surface area contributed by atoms with Crippen molar-refractivity contribution in [3.05, 3.63) is 90.0 Å². The van der Waals surface area contributed by atoms with Crippen molar-refractivity contribution in [2.75, 3.05) is 19.0 Å². The van der Waals surface area contributed by atoms with Crippen LogP contribution in [0.25, 0.3) is 0 Å². The second-order valence-electron chi connectivity index (χ2n) is 7.76. The number of nitrogens with zero attached hydrogens (tertiary/aromatic N) is 2. The van der Waals surface area contributed by atoms with Crippen LogP contribution in [0, 0.1) is 0 Å². The van der Waals surface area contributed by atoms with Crippen molar-refractivity contribution in [3.8, 4) is 5.75 Å². The Hall–Kier alpha value is -4.00.